The molecule has 2 rings (SSSR count). The molecule has 0 amide bonds. The van der Waals surface area contributed by atoms with Crippen LogP contribution in [-0.4, -0.2) is 15.8 Å². The number of halogens is 4. The van der Waals surface area contributed by atoms with E-state index in [4.69, 9.17) is 5.73 Å². The smallest absolute Gasteiger partial charge is 0.328 e. The number of alkyl halides is 3. The first-order chi connectivity index (χ1) is 9.27. The van der Waals surface area contributed by atoms with Crippen molar-refractivity contribution in [3.05, 3.63) is 46.2 Å². The summed E-state index contributed by atoms with van der Waals surface area (Å²) in [5.74, 6) is 0. The number of nitrogens with zero attached hydrogens (tertiary/aromatic N) is 2. The Labute approximate surface area is 122 Å². The van der Waals surface area contributed by atoms with Crippen molar-refractivity contribution in [2.24, 2.45) is 5.73 Å². The van der Waals surface area contributed by atoms with E-state index in [-0.39, 0.29) is 6.04 Å². The number of nitrogens with two attached hydrogens (primary N) is 1. The lowest BCUT2D eigenvalue weighted by Gasteiger charge is -2.12. The highest BCUT2D eigenvalue weighted by Gasteiger charge is 2.32. The van der Waals surface area contributed by atoms with E-state index in [9.17, 15) is 13.2 Å². The fraction of sp³-hybridized carbons (Fsp3) is 0.308. The maximum atomic E-state index is 12.6. The number of rotatable bonds is 3. The molecule has 0 bridgehead atoms. The molecule has 20 heavy (non-hydrogen) atoms. The number of hydrogen-bond acceptors (Lipinski definition) is 2. The van der Waals surface area contributed by atoms with Gasteiger partial charge in [0.1, 0.15) is 0 Å². The summed E-state index contributed by atoms with van der Waals surface area (Å²) < 4.78 is 39.9. The molecule has 7 heteroatoms. The summed E-state index contributed by atoms with van der Waals surface area (Å²) >= 11 is 3.31. The van der Waals surface area contributed by atoms with Gasteiger partial charge in [-0.25, -0.2) is 4.68 Å². The molecule has 0 aliphatic heterocycles. The van der Waals surface area contributed by atoms with E-state index in [1.54, 1.807) is 6.07 Å². The van der Waals surface area contributed by atoms with Gasteiger partial charge in [-0.3, -0.25) is 0 Å². The first-order valence-electron chi connectivity index (χ1n) is 5.93. The van der Waals surface area contributed by atoms with Crippen LogP contribution in [0.4, 0.5) is 13.2 Å². The highest BCUT2D eigenvalue weighted by atomic mass is 79.9. The van der Waals surface area contributed by atoms with E-state index in [0.29, 0.717) is 12.1 Å². The van der Waals surface area contributed by atoms with Gasteiger partial charge in [-0.05, 0) is 31.0 Å². The largest absolute Gasteiger partial charge is 0.419 e. The fourth-order valence-electron chi connectivity index (χ4n) is 1.87. The lowest BCUT2D eigenvalue weighted by molar-refractivity contribution is -0.137. The van der Waals surface area contributed by atoms with Crippen LogP contribution in [0, 0.1) is 0 Å². The topological polar surface area (TPSA) is 43.8 Å². The SMILES string of the molecule is CC(N)Cc1ccc(Br)cc1-n1cc(C(F)(F)F)cn1. The predicted octanol–water partition coefficient (Wildman–Crippen LogP) is 3.54. The highest BCUT2D eigenvalue weighted by molar-refractivity contribution is 9.10. The van der Waals surface area contributed by atoms with Crippen LogP contribution in [0.25, 0.3) is 5.69 Å². The lowest BCUT2D eigenvalue weighted by Crippen LogP contribution is -2.19. The molecule has 1 unspecified atom stereocenters. The maximum absolute atomic E-state index is 12.6. The minimum absolute atomic E-state index is 0.0902. The van der Waals surface area contributed by atoms with Crippen molar-refractivity contribution in [2.75, 3.05) is 0 Å². The van der Waals surface area contributed by atoms with Crippen LogP contribution in [0.2, 0.25) is 0 Å². The van der Waals surface area contributed by atoms with Crippen molar-refractivity contribution < 1.29 is 13.2 Å². The molecular weight excluding hydrogens is 335 g/mol. The Hall–Kier alpha value is -1.34. The summed E-state index contributed by atoms with van der Waals surface area (Å²) in [5.41, 5.74) is 6.43. The Morgan fingerprint density at radius 2 is 2.10 bits per heavy atom. The number of hydrogen-bond donors (Lipinski definition) is 1. The van der Waals surface area contributed by atoms with Gasteiger partial charge in [-0.2, -0.15) is 18.3 Å². The van der Waals surface area contributed by atoms with E-state index in [2.05, 4.69) is 21.0 Å². The van der Waals surface area contributed by atoms with Gasteiger partial charge in [0.05, 0.1) is 17.4 Å². The minimum Gasteiger partial charge on any atom is -0.328 e. The van der Waals surface area contributed by atoms with Crippen molar-refractivity contribution in [1.29, 1.82) is 0 Å². The molecule has 1 atom stereocenters. The first kappa shape index (κ1) is 15.1. The van der Waals surface area contributed by atoms with Gasteiger partial charge in [-0.15, -0.1) is 0 Å². The molecule has 0 radical (unpaired) electrons. The molecule has 0 aliphatic rings. The van der Waals surface area contributed by atoms with Crippen LogP contribution in [0.5, 0.6) is 0 Å². The number of aromatic nitrogens is 2. The Morgan fingerprint density at radius 1 is 1.40 bits per heavy atom. The van der Waals surface area contributed by atoms with Crippen LogP contribution >= 0.6 is 15.9 Å². The van der Waals surface area contributed by atoms with Gasteiger partial charge < -0.3 is 5.73 Å². The molecule has 0 saturated carbocycles. The first-order valence-corrected chi connectivity index (χ1v) is 6.73. The second kappa shape index (κ2) is 5.57. The van der Waals surface area contributed by atoms with Crippen LogP contribution in [0.15, 0.2) is 35.1 Å². The summed E-state index contributed by atoms with van der Waals surface area (Å²) in [6, 6.07) is 5.30. The van der Waals surface area contributed by atoms with Crippen molar-refractivity contribution in [2.45, 2.75) is 25.6 Å². The quantitative estimate of drug-likeness (QED) is 0.922. The minimum atomic E-state index is -4.40. The van der Waals surface area contributed by atoms with E-state index >= 15 is 0 Å². The van der Waals surface area contributed by atoms with E-state index < -0.39 is 11.7 Å². The molecule has 108 valence electrons. The Morgan fingerprint density at radius 3 is 2.65 bits per heavy atom. The Balaban J connectivity index is 2.45. The van der Waals surface area contributed by atoms with Crippen LogP contribution in [0.1, 0.15) is 18.1 Å². The molecule has 1 aromatic heterocycles. The summed E-state index contributed by atoms with van der Waals surface area (Å²) in [7, 11) is 0. The van der Waals surface area contributed by atoms with Gasteiger partial charge >= 0.3 is 6.18 Å². The van der Waals surface area contributed by atoms with Gasteiger partial charge in [-0.1, -0.05) is 22.0 Å². The predicted molar refractivity (Wildman–Crippen MR) is 73.6 cm³/mol. The van der Waals surface area contributed by atoms with Gasteiger partial charge in [0, 0.05) is 16.7 Å². The lowest BCUT2D eigenvalue weighted by atomic mass is 10.1. The van der Waals surface area contributed by atoms with Crippen molar-refractivity contribution in [1.82, 2.24) is 9.78 Å². The van der Waals surface area contributed by atoms with Crippen molar-refractivity contribution in [3.8, 4) is 5.69 Å². The summed E-state index contributed by atoms with van der Waals surface area (Å²) in [5, 5.41) is 3.80. The molecule has 2 aromatic rings. The molecule has 1 aromatic carbocycles. The van der Waals surface area contributed by atoms with Crippen molar-refractivity contribution >= 4 is 15.9 Å². The van der Waals surface area contributed by atoms with E-state index in [1.165, 1.54) is 4.68 Å². The third-order valence-corrected chi connectivity index (χ3v) is 3.24. The molecule has 0 spiro atoms. The number of benzene rings is 1. The molecule has 3 nitrogen and oxygen atoms in total. The monoisotopic (exact) mass is 347 g/mol. The summed E-state index contributed by atoms with van der Waals surface area (Å²) in [4.78, 5) is 0. The standard InChI is InChI=1S/C13H13BrF3N3/c1-8(18)4-9-2-3-11(14)5-12(9)20-7-10(6-19-20)13(15,16)17/h2-3,5-8H,4,18H2,1H3. The van der Waals surface area contributed by atoms with Gasteiger partial charge in [0.2, 0.25) is 0 Å². The third-order valence-electron chi connectivity index (χ3n) is 2.75. The molecule has 0 saturated heterocycles. The average molecular weight is 348 g/mol. The third kappa shape index (κ3) is 3.40. The molecule has 0 fully saturated rings. The zero-order valence-electron chi connectivity index (χ0n) is 10.7. The van der Waals surface area contributed by atoms with Crippen molar-refractivity contribution in [3.63, 3.8) is 0 Å². The summed E-state index contributed by atoms with van der Waals surface area (Å²) in [6.45, 7) is 1.84. The average Bonchev–Trinajstić information content (AvgIpc) is 2.80. The maximum Gasteiger partial charge on any atom is 0.419 e. The second-order valence-corrected chi connectivity index (χ2v) is 5.54. The van der Waals surface area contributed by atoms with Gasteiger partial charge in [0.25, 0.3) is 0 Å². The van der Waals surface area contributed by atoms with Crippen LogP contribution in [0.3, 0.4) is 0 Å². The van der Waals surface area contributed by atoms with Crippen LogP contribution in [-0.2, 0) is 12.6 Å². The summed E-state index contributed by atoms with van der Waals surface area (Å²) in [6.07, 6.45) is -2.04. The Kier molecular flexibility index (Phi) is 4.19. The molecule has 0 aliphatic carbocycles. The molecule has 2 N–H and O–H groups in total. The normalized spacial score (nSPS) is 13.5. The Bertz CT molecular complexity index is 605. The van der Waals surface area contributed by atoms with Crippen LogP contribution < -0.4 is 5.73 Å². The molecular formula is C13H13BrF3N3. The van der Waals surface area contributed by atoms with Gasteiger partial charge in [0.15, 0.2) is 0 Å². The second-order valence-electron chi connectivity index (χ2n) is 4.63. The van der Waals surface area contributed by atoms with E-state index in [0.717, 1.165) is 22.4 Å². The molecule has 1 heterocycles. The highest BCUT2D eigenvalue weighted by Crippen LogP contribution is 2.30. The zero-order valence-corrected chi connectivity index (χ0v) is 12.2. The zero-order chi connectivity index (χ0) is 14.9. The fourth-order valence-corrected chi connectivity index (χ4v) is 2.22. The van der Waals surface area contributed by atoms with E-state index in [1.807, 2.05) is 19.1 Å².